The minimum atomic E-state index is -1.00. The van der Waals surface area contributed by atoms with E-state index in [1.165, 1.54) is 0 Å². The van der Waals surface area contributed by atoms with Crippen LogP contribution >= 0.6 is 11.6 Å². The largest absolute Gasteiger partial charge is 0.350 e. The molecule has 0 radical (unpaired) electrons. The van der Waals surface area contributed by atoms with Gasteiger partial charge < -0.3 is 9.88 Å². The molecule has 2 N–H and O–H groups in total. The van der Waals surface area contributed by atoms with Crippen LogP contribution in [0.25, 0.3) is 10.9 Å². The Bertz CT molecular complexity index is 1690. The molecule has 5 amide bonds. The molecule has 0 aliphatic carbocycles. The number of aromatic amines is 1. The molecule has 3 aliphatic heterocycles. The van der Waals surface area contributed by atoms with Crippen molar-refractivity contribution in [1.29, 1.82) is 0 Å². The molecule has 0 bridgehead atoms. The summed E-state index contributed by atoms with van der Waals surface area (Å²) in [7, 11) is 0. The highest BCUT2D eigenvalue weighted by Gasteiger charge is 2.44. The molecular formula is C30H25ClN4O5. The van der Waals surface area contributed by atoms with Gasteiger partial charge in [0.05, 0.1) is 11.1 Å². The number of imide groups is 2. The van der Waals surface area contributed by atoms with Crippen molar-refractivity contribution in [2.24, 2.45) is 5.92 Å². The Hall–Kier alpha value is -4.42. The molecule has 4 heterocycles. The lowest BCUT2D eigenvalue weighted by Crippen LogP contribution is -2.54. The van der Waals surface area contributed by atoms with Crippen LogP contribution < -0.4 is 5.32 Å². The van der Waals surface area contributed by atoms with E-state index in [1.807, 2.05) is 30.0 Å². The van der Waals surface area contributed by atoms with E-state index in [-0.39, 0.29) is 35.8 Å². The average molecular weight is 557 g/mol. The van der Waals surface area contributed by atoms with Crippen LogP contribution in [-0.4, -0.2) is 63.5 Å². The SMILES string of the molecule is Cc1c(C(=O)N2CCC(C#Cc3ccc4c(c3)C(=O)N(C3CCC(=O)NC3=O)C4=O)CC2)[nH]c2cc(Cl)ccc12. The second kappa shape index (κ2) is 9.96. The van der Waals surface area contributed by atoms with Crippen molar-refractivity contribution in [2.75, 3.05) is 13.1 Å². The number of aryl methyl sites for hydroxylation is 1. The highest BCUT2D eigenvalue weighted by atomic mass is 35.5. The van der Waals surface area contributed by atoms with Crippen LogP contribution in [0.4, 0.5) is 0 Å². The summed E-state index contributed by atoms with van der Waals surface area (Å²) in [5.41, 5.74) is 3.34. The van der Waals surface area contributed by atoms with Crippen LogP contribution in [0.2, 0.25) is 5.02 Å². The van der Waals surface area contributed by atoms with Gasteiger partial charge in [0.25, 0.3) is 17.7 Å². The third-order valence-corrected chi connectivity index (χ3v) is 8.11. The molecule has 3 aliphatic rings. The van der Waals surface area contributed by atoms with Gasteiger partial charge >= 0.3 is 0 Å². The normalized spacial score (nSPS) is 19.5. The molecule has 2 saturated heterocycles. The molecule has 2 aromatic carbocycles. The first-order valence-electron chi connectivity index (χ1n) is 13.2. The number of benzene rings is 2. The molecule has 9 nitrogen and oxygen atoms in total. The predicted octanol–water partition coefficient (Wildman–Crippen LogP) is 3.43. The number of likely N-dealkylation sites (tertiary alicyclic amines) is 1. The summed E-state index contributed by atoms with van der Waals surface area (Å²) < 4.78 is 0. The van der Waals surface area contributed by atoms with Crippen molar-refractivity contribution in [3.05, 3.63) is 69.4 Å². The van der Waals surface area contributed by atoms with Crippen molar-refractivity contribution in [3.63, 3.8) is 0 Å². The zero-order valence-electron chi connectivity index (χ0n) is 21.7. The smallest absolute Gasteiger partial charge is 0.270 e. The fourth-order valence-corrected chi connectivity index (χ4v) is 5.82. The second-order valence-corrected chi connectivity index (χ2v) is 10.8. The number of rotatable bonds is 2. The molecule has 40 heavy (non-hydrogen) atoms. The number of fused-ring (bicyclic) bond motifs is 2. The van der Waals surface area contributed by atoms with Gasteiger partial charge in [-0.1, -0.05) is 29.5 Å². The topological polar surface area (TPSA) is 120 Å². The molecule has 2 fully saturated rings. The quantitative estimate of drug-likeness (QED) is 0.370. The number of aromatic nitrogens is 1. The van der Waals surface area contributed by atoms with Crippen molar-refractivity contribution < 1.29 is 24.0 Å². The van der Waals surface area contributed by atoms with Crippen LogP contribution in [0.1, 0.15) is 68.0 Å². The Morgan fingerprint density at radius 1 is 0.975 bits per heavy atom. The summed E-state index contributed by atoms with van der Waals surface area (Å²) in [5.74, 6) is 4.26. The number of nitrogens with zero attached hydrogens (tertiary/aromatic N) is 2. The highest BCUT2D eigenvalue weighted by molar-refractivity contribution is 6.31. The summed E-state index contributed by atoms with van der Waals surface area (Å²) in [4.78, 5) is 68.9. The Kier molecular flexibility index (Phi) is 6.43. The maximum Gasteiger partial charge on any atom is 0.270 e. The number of carbonyl (C=O) groups is 5. The number of carbonyl (C=O) groups excluding carboxylic acids is 5. The molecule has 202 valence electrons. The fraction of sp³-hybridized carbons (Fsp3) is 0.300. The molecule has 1 atom stereocenters. The van der Waals surface area contributed by atoms with Crippen molar-refractivity contribution in [2.45, 2.75) is 38.6 Å². The van der Waals surface area contributed by atoms with E-state index in [1.54, 1.807) is 18.2 Å². The van der Waals surface area contributed by atoms with Gasteiger partial charge in [-0.25, -0.2) is 0 Å². The lowest BCUT2D eigenvalue weighted by atomic mass is 9.96. The third kappa shape index (κ3) is 4.44. The van der Waals surface area contributed by atoms with Crippen molar-refractivity contribution in [1.82, 2.24) is 20.1 Å². The van der Waals surface area contributed by atoms with Crippen LogP contribution in [0, 0.1) is 24.7 Å². The summed E-state index contributed by atoms with van der Waals surface area (Å²) in [6.07, 6.45) is 1.62. The molecule has 0 saturated carbocycles. The maximum absolute atomic E-state index is 13.2. The van der Waals surface area contributed by atoms with Crippen molar-refractivity contribution >= 4 is 52.0 Å². The first kappa shape index (κ1) is 25.8. The number of nitrogens with one attached hydrogen (secondary N) is 2. The van der Waals surface area contributed by atoms with Gasteiger partial charge in [-0.3, -0.25) is 34.2 Å². The monoisotopic (exact) mass is 556 g/mol. The molecule has 1 unspecified atom stereocenters. The van der Waals surface area contributed by atoms with E-state index in [9.17, 15) is 24.0 Å². The lowest BCUT2D eigenvalue weighted by molar-refractivity contribution is -0.136. The van der Waals surface area contributed by atoms with Crippen LogP contribution in [0.3, 0.4) is 0 Å². The van der Waals surface area contributed by atoms with E-state index < -0.39 is 29.7 Å². The fourth-order valence-electron chi connectivity index (χ4n) is 5.64. The zero-order valence-corrected chi connectivity index (χ0v) is 22.4. The number of hydrogen-bond donors (Lipinski definition) is 2. The van der Waals surface area contributed by atoms with E-state index in [0.717, 1.165) is 34.2 Å². The van der Waals surface area contributed by atoms with E-state index in [2.05, 4.69) is 22.1 Å². The first-order valence-corrected chi connectivity index (χ1v) is 13.5. The van der Waals surface area contributed by atoms with E-state index in [4.69, 9.17) is 11.6 Å². The summed E-state index contributed by atoms with van der Waals surface area (Å²) in [6, 6.07) is 9.37. The van der Waals surface area contributed by atoms with Gasteiger partial charge in [-0.2, -0.15) is 0 Å². The Labute approximate surface area is 234 Å². The summed E-state index contributed by atoms with van der Waals surface area (Å²) in [6.45, 7) is 3.08. The van der Waals surface area contributed by atoms with E-state index >= 15 is 0 Å². The number of hydrogen-bond acceptors (Lipinski definition) is 5. The number of halogens is 1. The summed E-state index contributed by atoms with van der Waals surface area (Å²) in [5, 5.41) is 3.78. The van der Waals surface area contributed by atoms with Crippen LogP contribution in [-0.2, 0) is 9.59 Å². The lowest BCUT2D eigenvalue weighted by Gasteiger charge is -2.29. The Morgan fingerprint density at radius 3 is 2.48 bits per heavy atom. The molecule has 6 rings (SSSR count). The zero-order chi connectivity index (χ0) is 28.1. The number of amides is 5. The number of piperidine rings is 2. The van der Waals surface area contributed by atoms with E-state index in [0.29, 0.717) is 29.4 Å². The van der Waals surface area contributed by atoms with Gasteiger partial charge in [0.1, 0.15) is 11.7 Å². The van der Waals surface area contributed by atoms with Crippen molar-refractivity contribution in [3.8, 4) is 11.8 Å². The Morgan fingerprint density at radius 2 is 1.73 bits per heavy atom. The van der Waals surface area contributed by atoms with Crippen LogP contribution in [0.5, 0.6) is 0 Å². The molecular weight excluding hydrogens is 532 g/mol. The average Bonchev–Trinajstić information content (AvgIpc) is 3.39. The molecule has 3 aromatic rings. The van der Waals surface area contributed by atoms with Gasteiger partial charge in [0.2, 0.25) is 11.8 Å². The molecule has 1 aromatic heterocycles. The minimum absolute atomic E-state index is 0.0430. The predicted molar refractivity (Wildman–Crippen MR) is 147 cm³/mol. The summed E-state index contributed by atoms with van der Waals surface area (Å²) >= 11 is 6.10. The second-order valence-electron chi connectivity index (χ2n) is 10.4. The van der Waals surface area contributed by atoms with Gasteiger partial charge in [0, 0.05) is 46.9 Å². The first-order chi connectivity index (χ1) is 19.2. The van der Waals surface area contributed by atoms with Crippen LogP contribution in [0.15, 0.2) is 36.4 Å². The third-order valence-electron chi connectivity index (χ3n) is 7.88. The Balaban J connectivity index is 1.12. The maximum atomic E-state index is 13.2. The highest BCUT2D eigenvalue weighted by Crippen LogP contribution is 2.29. The number of H-pyrrole nitrogens is 1. The van der Waals surface area contributed by atoms with Gasteiger partial charge in [-0.15, -0.1) is 0 Å². The standard InChI is InChI=1S/C30H25ClN4O5/c1-16-20-7-5-19(31)15-23(20)32-26(16)30(40)34-12-10-17(11-13-34)2-3-18-4-6-21-22(14-18)29(39)35(28(21)38)24-8-9-25(36)33-27(24)37/h4-7,14-15,17,24,32H,8-13H2,1H3,(H,33,36,37). The molecule has 10 heteroatoms. The van der Waals surface area contributed by atoms with Gasteiger partial charge in [0.15, 0.2) is 0 Å². The van der Waals surface area contributed by atoms with Gasteiger partial charge in [-0.05, 0) is 62.1 Å². The minimum Gasteiger partial charge on any atom is -0.350 e. The molecule has 0 spiro atoms.